The largest absolute Gasteiger partial charge is 2.00 e. The van der Waals surface area contributed by atoms with Gasteiger partial charge in [-0.3, -0.25) is 0 Å². The molecule has 0 heterocycles. The monoisotopic (exact) mass is 310 g/mol. The molecule has 0 bridgehead atoms. The van der Waals surface area contributed by atoms with E-state index in [-0.39, 0.29) is 35.5 Å². The smallest absolute Gasteiger partial charge is 1.00 e. The van der Waals surface area contributed by atoms with Crippen molar-refractivity contribution in [2.75, 3.05) is 0 Å². The van der Waals surface area contributed by atoms with Crippen molar-refractivity contribution in [3.63, 3.8) is 0 Å². The summed E-state index contributed by atoms with van der Waals surface area (Å²) in [7, 11) is 0. The molecular formula is C18H35ClMg. The van der Waals surface area contributed by atoms with E-state index in [0.29, 0.717) is 0 Å². The van der Waals surface area contributed by atoms with E-state index in [4.69, 9.17) is 0 Å². The summed E-state index contributed by atoms with van der Waals surface area (Å²) in [5.74, 6) is 0. The fourth-order valence-electron chi connectivity index (χ4n) is 2.25. The maximum atomic E-state index is 3.87. The van der Waals surface area contributed by atoms with Crippen LogP contribution in [0.3, 0.4) is 0 Å². The normalized spacial score (nSPS) is 10.3. The zero-order valence-electron chi connectivity index (χ0n) is 13.8. The molecule has 0 fully saturated rings. The van der Waals surface area contributed by atoms with Crippen LogP contribution in [0.15, 0.2) is 12.2 Å². The van der Waals surface area contributed by atoms with Crippen molar-refractivity contribution in [2.24, 2.45) is 0 Å². The van der Waals surface area contributed by atoms with Crippen LogP contribution in [0.4, 0.5) is 0 Å². The van der Waals surface area contributed by atoms with E-state index in [1.165, 1.54) is 83.5 Å². The Kier molecular flexibility index (Phi) is 31.9. The number of unbranched alkanes of at least 4 members (excludes halogenated alkanes) is 12. The molecule has 0 saturated carbocycles. The van der Waals surface area contributed by atoms with Crippen LogP contribution in [0.5, 0.6) is 0 Å². The molecule has 0 aliphatic rings. The average molecular weight is 311 g/mol. The van der Waals surface area contributed by atoms with Crippen LogP contribution in [0.1, 0.15) is 96.8 Å². The molecule has 0 aromatic heterocycles. The third kappa shape index (κ3) is 23.9. The summed E-state index contributed by atoms with van der Waals surface area (Å²) >= 11 is 0. The summed E-state index contributed by atoms with van der Waals surface area (Å²) in [5, 5.41) is 0. The Labute approximate surface area is 151 Å². The molecule has 0 radical (unpaired) electrons. The SMILES string of the molecule is [CH2-]CCCCCCC/C=C\CCCCCCCC.[Cl-].[Mg+2]. The van der Waals surface area contributed by atoms with Crippen LogP contribution in [-0.4, -0.2) is 23.1 Å². The predicted molar refractivity (Wildman–Crippen MR) is 90.6 cm³/mol. The number of hydrogen-bond acceptors (Lipinski definition) is 0. The molecule has 0 spiro atoms. The van der Waals surface area contributed by atoms with Gasteiger partial charge in [-0.15, -0.1) is 0 Å². The van der Waals surface area contributed by atoms with Crippen molar-refractivity contribution < 1.29 is 12.4 Å². The zero-order chi connectivity index (χ0) is 13.3. The minimum Gasteiger partial charge on any atom is -1.00 e. The van der Waals surface area contributed by atoms with Gasteiger partial charge in [-0.2, -0.15) is 6.42 Å². The van der Waals surface area contributed by atoms with E-state index >= 15 is 0 Å². The second-order valence-corrected chi connectivity index (χ2v) is 5.44. The second-order valence-electron chi connectivity index (χ2n) is 5.44. The summed E-state index contributed by atoms with van der Waals surface area (Å²) < 4.78 is 0. The van der Waals surface area contributed by atoms with Gasteiger partial charge in [0.25, 0.3) is 0 Å². The minimum atomic E-state index is 0. The van der Waals surface area contributed by atoms with Gasteiger partial charge in [-0.1, -0.05) is 76.9 Å². The molecule has 0 N–H and O–H groups in total. The fourth-order valence-corrected chi connectivity index (χ4v) is 2.25. The quantitative estimate of drug-likeness (QED) is 0.199. The van der Waals surface area contributed by atoms with Crippen LogP contribution in [-0.2, 0) is 0 Å². The first-order valence-electron chi connectivity index (χ1n) is 8.36. The summed E-state index contributed by atoms with van der Waals surface area (Å²) in [6.45, 7) is 6.15. The summed E-state index contributed by atoms with van der Waals surface area (Å²) in [6.07, 6.45) is 23.8. The number of rotatable bonds is 14. The van der Waals surface area contributed by atoms with Crippen molar-refractivity contribution in [1.29, 1.82) is 0 Å². The van der Waals surface area contributed by atoms with Crippen molar-refractivity contribution in [3.05, 3.63) is 19.1 Å². The van der Waals surface area contributed by atoms with Crippen molar-refractivity contribution in [2.45, 2.75) is 96.8 Å². The Morgan fingerprint density at radius 3 is 1.50 bits per heavy atom. The first kappa shape index (κ1) is 25.7. The predicted octanol–water partition coefficient (Wildman–Crippen LogP) is 3.48. The van der Waals surface area contributed by atoms with E-state index < -0.39 is 0 Å². The molecule has 0 saturated heterocycles. The molecule has 0 rings (SSSR count). The molecule has 20 heavy (non-hydrogen) atoms. The van der Waals surface area contributed by atoms with Crippen LogP contribution in [0, 0.1) is 6.92 Å². The average Bonchev–Trinajstić information content (AvgIpc) is 2.39. The third-order valence-corrected chi connectivity index (χ3v) is 3.51. The van der Waals surface area contributed by atoms with E-state index in [2.05, 4.69) is 26.0 Å². The van der Waals surface area contributed by atoms with Crippen molar-refractivity contribution in [1.82, 2.24) is 0 Å². The van der Waals surface area contributed by atoms with Gasteiger partial charge < -0.3 is 19.3 Å². The number of hydrogen-bond donors (Lipinski definition) is 0. The Bertz CT molecular complexity index is 151. The molecule has 0 aromatic carbocycles. The first-order valence-corrected chi connectivity index (χ1v) is 8.36. The molecule has 0 amide bonds. The van der Waals surface area contributed by atoms with E-state index in [0.717, 1.165) is 6.42 Å². The molecule has 0 aromatic rings. The molecule has 0 aliphatic carbocycles. The van der Waals surface area contributed by atoms with Crippen LogP contribution in [0.2, 0.25) is 0 Å². The van der Waals surface area contributed by atoms with E-state index in [1.807, 2.05) is 0 Å². The fraction of sp³-hybridized carbons (Fsp3) is 0.833. The van der Waals surface area contributed by atoms with Gasteiger partial charge in [0, 0.05) is 0 Å². The molecule has 0 atom stereocenters. The topological polar surface area (TPSA) is 0 Å². The molecule has 0 unspecified atom stereocenters. The standard InChI is InChI=1S/C18H35.ClH.Mg/c1-3-5-7-9-11-13-15-17-18-16-14-12-10-8-6-4-2;;/h17-18H,1,3-16H2,2H3;1H;/q-1;;+2/p-1/b18-17-;;. The molecule has 0 nitrogen and oxygen atoms in total. The molecular weight excluding hydrogens is 276 g/mol. The molecule has 0 aliphatic heterocycles. The van der Waals surface area contributed by atoms with Crippen molar-refractivity contribution >= 4 is 23.1 Å². The first-order chi connectivity index (χ1) is 8.91. The number of halogens is 1. The van der Waals surface area contributed by atoms with Gasteiger partial charge in [-0.25, -0.2) is 0 Å². The third-order valence-electron chi connectivity index (χ3n) is 3.51. The van der Waals surface area contributed by atoms with E-state index in [1.54, 1.807) is 0 Å². The number of allylic oxidation sites excluding steroid dienone is 2. The minimum absolute atomic E-state index is 0. The van der Waals surface area contributed by atoms with Gasteiger partial charge in [-0.05, 0) is 25.7 Å². The maximum absolute atomic E-state index is 3.87. The van der Waals surface area contributed by atoms with Crippen LogP contribution < -0.4 is 12.4 Å². The Morgan fingerprint density at radius 1 is 0.650 bits per heavy atom. The Morgan fingerprint density at radius 2 is 1.05 bits per heavy atom. The van der Waals surface area contributed by atoms with Gasteiger partial charge in [0.05, 0.1) is 0 Å². The van der Waals surface area contributed by atoms with E-state index in [9.17, 15) is 0 Å². The molecule has 2 heteroatoms. The van der Waals surface area contributed by atoms with Gasteiger partial charge >= 0.3 is 23.1 Å². The summed E-state index contributed by atoms with van der Waals surface area (Å²) in [5.41, 5.74) is 0. The van der Waals surface area contributed by atoms with Gasteiger partial charge in [0.2, 0.25) is 0 Å². The Hall–Kier alpha value is 0.796. The maximum Gasteiger partial charge on any atom is 2.00 e. The van der Waals surface area contributed by atoms with Gasteiger partial charge in [0.1, 0.15) is 0 Å². The Balaban J connectivity index is -0.00000144. The van der Waals surface area contributed by atoms with Gasteiger partial charge in [0.15, 0.2) is 0 Å². The zero-order valence-corrected chi connectivity index (χ0v) is 16.0. The summed E-state index contributed by atoms with van der Waals surface area (Å²) in [6, 6.07) is 0. The van der Waals surface area contributed by atoms with Crippen LogP contribution in [0.25, 0.3) is 0 Å². The molecule has 116 valence electrons. The van der Waals surface area contributed by atoms with Crippen molar-refractivity contribution in [3.8, 4) is 0 Å². The second kappa shape index (κ2) is 24.8. The summed E-state index contributed by atoms with van der Waals surface area (Å²) in [4.78, 5) is 0. The van der Waals surface area contributed by atoms with Crippen LogP contribution >= 0.6 is 0 Å².